The molecule has 0 unspecified atom stereocenters. The van der Waals surface area contributed by atoms with E-state index < -0.39 is 0 Å². The zero-order valence-electron chi connectivity index (χ0n) is 27.4. The maximum atomic E-state index is 13.0. The first kappa shape index (κ1) is 30.7. The largest absolute Gasteiger partial charge is 0.383 e. The summed E-state index contributed by atoms with van der Waals surface area (Å²) >= 11 is 0. The van der Waals surface area contributed by atoms with Crippen molar-refractivity contribution < 1.29 is 9.53 Å². The number of nitrogens with one attached hydrogen (secondary N) is 2. The van der Waals surface area contributed by atoms with E-state index in [2.05, 4.69) is 82.7 Å². The van der Waals surface area contributed by atoms with Crippen LogP contribution in [0, 0.1) is 20.8 Å². The molecule has 0 aliphatic carbocycles. The quantitative estimate of drug-likeness (QED) is 0.283. The van der Waals surface area contributed by atoms with Crippen molar-refractivity contribution in [3.05, 3.63) is 69.3 Å². The number of fused-ring (bicyclic) bond motifs is 8. The van der Waals surface area contributed by atoms with Crippen LogP contribution in [0.1, 0.15) is 104 Å². The molecule has 0 fully saturated rings. The number of methoxy groups -OCH3 is 1. The van der Waals surface area contributed by atoms with Crippen LogP contribution in [0.15, 0.2) is 24.3 Å². The van der Waals surface area contributed by atoms with Gasteiger partial charge in [-0.1, -0.05) is 20.8 Å². The minimum absolute atomic E-state index is 0.137. The van der Waals surface area contributed by atoms with E-state index in [0.29, 0.717) is 19.6 Å². The number of nitrogens with zero attached hydrogens (tertiary/aromatic N) is 3. The number of amides is 1. The SMILES string of the molecule is CCC1=C(C)c2cc3[nH]c(cc4nc(c(C)c5cc(C)c(cc1n2)[nH]5)[C@@H](CCC(=O)N(C)CCOC)[C@@H]4C)c(C)c3CC. The van der Waals surface area contributed by atoms with Crippen molar-refractivity contribution in [2.75, 3.05) is 27.3 Å². The highest BCUT2D eigenvalue weighted by Gasteiger charge is 2.31. The summed E-state index contributed by atoms with van der Waals surface area (Å²) in [6.45, 7) is 16.5. The molecular formula is C36H47N5O2. The molecule has 3 aromatic rings. The number of carbonyl (C=O) groups excluding carboxylic acids is 1. The second kappa shape index (κ2) is 12.5. The van der Waals surface area contributed by atoms with Gasteiger partial charge in [-0.3, -0.25) is 9.78 Å². The van der Waals surface area contributed by atoms with E-state index in [4.69, 9.17) is 14.7 Å². The standard InChI is InChI=1S/C36H47N5O2/c1-10-25-22(5)31-19-34-26(11-2)21(4)30(38-34)18-32-23(6)27(12-13-35(42)41(8)14-15-43-9)36(40-32)24(7)29-16-20(3)28(37-29)17-33(25)39-31/h16-19,23,27,37-38H,10-15H2,1-9H3/t23-,27-/m0/s1. The van der Waals surface area contributed by atoms with Gasteiger partial charge >= 0.3 is 0 Å². The van der Waals surface area contributed by atoms with E-state index in [1.807, 2.05) is 7.05 Å². The van der Waals surface area contributed by atoms with Gasteiger partial charge in [-0.15, -0.1) is 0 Å². The Kier molecular flexibility index (Phi) is 8.93. The van der Waals surface area contributed by atoms with Gasteiger partial charge in [0.2, 0.25) is 5.91 Å². The van der Waals surface area contributed by atoms with Gasteiger partial charge in [-0.25, -0.2) is 4.98 Å². The van der Waals surface area contributed by atoms with Crippen molar-refractivity contribution in [1.29, 1.82) is 0 Å². The number of H-pyrrole nitrogens is 2. The molecule has 5 rings (SSSR count). The Bertz CT molecular complexity index is 1740. The van der Waals surface area contributed by atoms with Crippen LogP contribution in [-0.2, 0) is 16.0 Å². The van der Waals surface area contributed by atoms with Crippen molar-refractivity contribution in [3.63, 3.8) is 0 Å². The fraction of sp³-hybridized carbons (Fsp3) is 0.472. The van der Waals surface area contributed by atoms with Gasteiger partial charge in [0.25, 0.3) is 0 Å². The Labute approximate surface area is 255 Å². The molecule has 1 amide bonds. The molecule has 2 aliphatic heterocycles. The fourth-order valence-electron chi connectivity index (χ4n) is 6.72. The molecule has 7 heteroatoms. The minimum Gasteiger partial charge on any atom is -0.383 e. The third-order valence-electron chi connectivity index (χ3n) is 9.64. The van der Waals surface area contributed by atoms with Crippen LogP contribution in [0.25, 0.3) is 33.2 Å². The number of ether oxygens (including phenoxy) is 1. The maximum Gasteiger partial charge on any atom is 0.222 e. The molecule has 7 nitrogen and oxygen atoms in total. The molecule has 2 N–H and O–H groups in total. The van der Waals surface area contributed by atoms with Gasteiger partial charge in [0.15, 0.2) is 0 Å². The number of hydrogen-bond acceptors (Lipinski definition) is 4. The minimum atomic E-state index is 0.137. The lowest BCUT2D eigenvalue weighted by Gasteiger charge is -2.20. The van der Waals surface area contributed by atoms with Crippen LogP contribution in [0.5, 0.6) is 0 Å². The molecule has 2 atom stereocenters. The molecule has 0 saturated carbocycles. The van der Waals surface area contributed by atoms with Crippen molar-refractivity contribution in [2.45, 2.75) is 86.0 Å². The number of carbonyl (C=O) groups is 1. The maximum absolute atomic E-state index is 13.0. The topological polar surface area (TPSA) is 86.9 Å². The fourth-order valence-corrected chi connectivity index (χ4v) is 6.72. The molecule has 3 aromatic heterocycles. The molecule has 5 heterocycles. The molecule has 8 bridgehead atoms. The van der Waals surface area contributed by atoms with Gasteiger partial charge in [0, 0.05) is 72.4 Å². The van der Waals surface area contributed by atoms with Crippen LogP contribution in [0.4, 0.5) is 0 Å². The van der Waals surface area contributed by atoms with Crippen LogP contribution < -0.4 is 0 Å². The number of rotatable bonds is 8. The summed E-state index contributed by atoms with van der Waals surface area (Å²) in [5.74, 6) is 0.451. The molecule has 43 heavy (non-hydrogen) atoms. The van der Waals surface area contributed by atoms with Crippen molar-refractivity contribution in [3.8, 4) is 0 Å². The Morgan fingerprint density at radius 1 is 0.907 bits per heavy atom. The number of aromatic amines is 2. The highest BCUT2D eigenvalue weighted by Crippen LogP contribution is 2.42. The lowest BCUT2D eigenvalue weighted by molar-refractivity contribution is -0.130. The summed E-state index contributed by atoms with van der Waals surface area (Å²) in [6.07, 6.45) is 3.07. The van der Waals surface area contributed by atoms with Gasteiger partial charge in [-0.2, -0.15) is 0 Å². The highest BCUT2D eigenvalue weighted by molar-refractivity contribution is 5.92. The number of aryl methyl sites for hydroxylation is 4. The average Bonchev–Trinajstić information content (AvgIpc) is 3.68. The summed E-state index contributed by atoms with van der Waals surface area (Å²) in [5.41, 5.74) is 15.9. The van der Waals surface area contributed by atoms with Gasteiger partial charge in [0.05, 0.1) is 18.0 Å². The van der Waals surface area contributed by atoms with Crippen molar-refractivity contribution in [1.82, 2.24) is 24.8 Å². The van der Waals surface area contributed by atoms with E-state index in [1.165, 1.54) is 27.8 Å². The summed E-state index contributed by atoms with van der Waals surface area (Å²) < 4.78 is 5.18. The molecule has 0 spiro atoms. The zero-order valence-corrected chi connectivity index (χ0v) is 27.4. The first-order valence-electron chi connectivity index (χ1n) is 15.7. The van der Waals surface area contributed by atoms with E-state index in [0.717, 1.165) is 69.7 Å². The van der Waals surface area contributed by atoms with E-state index >= 15 is 0 Å². The van der Waals surface area contributed by atoms with Crippen molar-refractivity contribution in [2.24, 2.45) is 0 Å². The van der Waals surface area contributed by atoms with E-state index in [9.17, 15) is 4.79 Å². The number of allylic oxidation sites excluding steroid dienone is 2. The molecule has 0 aromatic carbocycles. The monoisotopic (exact) mass is 581 g/mol. The highest BCUT2D eigenvalue weighted by atomic mass is 16.5. The summed E-state index contributed by atoms with van der Waals surface area (Å²) in [7, 11) is 3.52. The Balaban J connectivity index is 1.75. The average molecular weight is 582 g/mol. The second-order valence-electron chi connectivity index (χ2n) is 12.3. The first-order valence-corrected chi connectivity index (χ1v) is 15.7. The normalized spacial score (nSPS) is 16.7. The number of hydrogen-bond donors (Lipinski definition) is 2. The Morgan fingerprint density at radius 3 is 2.30 bits per heavy atom. The van der Waals surface area contributed by atoms with Gasteiger partial charge in [-0.05, 0) is 105 Å². The van der Waals surface area contributed by atoms with Crippen molar-refractivity contribution >= 4 is 39.1 Å². The second-order valence-corrected chi connectivity index (χ2v) is 12.3. The summed E-state index contributed by atoms with van der Waals surface area (Å²) in [6, 6.07) is 8.87. The smallest absolute Gasteiger partial charge is 0.222 e. The zero-order chi connectivity index (χ0) is 31.0. The van der Waals surface area contributed by atoms with Crippen LogP contribution in [-0.4, -0.2) is 58.1 Å². The molecule has 0 radical (unpaired) electrons. The number of likely N-dealkylation sites (N-methyl/N-ethyl adjacent to an activating group) is 1. The molecule has 0 saturated heterocycles. The van der Waals surface area contributed by atoms with E-state index in [1.54, 1.807) is 12.0 Å². The Morgan fingerprint density at radius 2 is 1.60 bits per heavy atom. The third-order valence-corrected chi connectivity index (χ3v) is 9.64. The number of aromatic nitrogens is 4. The predicted octanol–water partition coefficient (Wildman–Crippen LogP) is 7.92. The van der Waals surface area contributed by atoms with Gasteiger partial charge < -0.3 is 19.6 Å². The molecule has 2 aliphatic rings. The Hall–Kier alpha value is -3.71. The molecular weight excluding hydrogens is 534 g/mol. The first-order chi connectivity index (χ1) is 20.6. The van der Waals surface area contributed by atoms with Crippen LogP contribution in [0.3, 0.4) is 0 Å². The summed E-state index contributed by atoms with van der Waals surface area (Å²) in [4.78, 5) is 32.7. The molecule has 228 valence electrons. The van der Waals surface area contributed by atoms with Gasteiger partial charge in [0.1, 0.15) is 0 Å². The van der Waals surface area contributed by atoms with Crippen LogP contribution in [0.2, 0.25) is 0 Å². The third kappa shape index (κ3) is 5.79. The summed E-state index contributed by atoms with van der Waals surface area (Å²) in [5, 5.41) is 0. The lowest BCUT2D eigenvalue weighted by atomic mass is 9.86. The van der Waals surface area contributed by atoms with E-state index in [-0.39, 0.29) is 17.7 Å². The van der Waals surface area contributed by atoms with Crippen LogP contribution >= 0.6 is 0 Å². The lowest BCUT2D eigenvalue weighted by Crippen LogP contribution is -2.30. The predicted molar refractivity (Wildman–Crippen MR) is 177 cm³/mol.